The standard InChI is InChI=1S/C13H18N2O2S4/c14-13(18)11-3-1-10(2-4-11)9-21(16,17)15-7-12-8-19-5-6-20-12/h1-4,12,15H,5-9H2,(H2,14,18). The van der Waals surface area contributed by atoms with Gasteiger partial charge >= 0.3 is 0 Å². The molecule has 1 aliphatic rings. The molecule has 0 saturated carbocycles. The number of benzene rings is 1. The van der Waals surface area contributed by atoms with Crippen molar-refractivity contribution >= 4 is 50.8 Å². The number of nitrogens with one attached hydrogen (secondary N) is 1. The Balaban J connectivity index is 1.89. The molecule has 1 aromatic carbocycles. The number of hydrogen-bond acceptors (Lipinski definition) is 5. The van der Waals surface area contributed by atoms with E-state index in [4.69, 9.17) is 18.0 Å². The van der Waals surface area contributed by atoms with Crippen molar-refractivity contribution in [3.8, 4) is 0 Å². The first kappa shape index (κ1) is 17.1. The van der Waals surface area contributed by atoms with Crippen LogP contribution in [0.15, 0.2) is 24.3 Å². The van der Waals surface area contributed by atoms with E-state index in [0.29, 0.717) is 16.8 Å². The summed E-state index contributed by atoms with van der Waals surface area (Å²) in [5, 5.41) is 0.371. The number of thiocarbonyl (C=S) groups is 1. The van der Waals surface area contributed by atoms with Crippen molar-refractivity contribution in [1.82, 2.24) is 4.72 Å². The van der Waals surface area contributed by atoms with E-state index in [9.17, 15) is 8.42 Å². The lowest BCUT2D eigenvalue weighted by Gasteiger charge is -2.21. The van der Waals surface area contributed by atoms with Gasteiger partial charge in [-0.25, -0.2) is 13.1 Å². The molecular formula is C13H18N2O2S4. The molecule has 1 aliphatic heterocycles. The minimum atomic E-state index is -3.30. The Bertz CT molecular complexity index is 581. The fraction of sp³-hybridized carbons (Fsp3) is 0.462. The van der Waals surface area contributed by atoms with Crippen LogP contribution >= 0.6 is 35.7 Å². The van der Waals surface area contributed by atoms with E-state index >= 15 is 0 Å². The van der Waals surface area contributed by atoms with Crippen molar-refractivity contribution in [2.24, 2.45) is 5.73 Å². The van der Waals surface area contributed by atoms with Crippen molar-refractivity contribution in [3.63, 3.8) is 0 Å². The fourth-order valence-corrected chi connectivity index (χ4v) is 5.95. The van der Waals surface area contributed by atoms with E-state index < -0.39 is 10.0 Å². The molecule has 2 rings (SSSR count). The molecular weight excluding hydrogens is 344 g/mol. The molecule has 0 radical (unpaired) electrons. The van der Waals surface area contributed by atoms with Crippen LogP contribution in [0.3, 0.4) is 0 Å². The van der Waals surface area contributed by atoms with Gasteiger partial charge in [0.05, 0.1) is 5.75 Å². The van der Waals surface area contributed by atoms with Gasteiger partial charge in [0, 0.05) is 34.6 Å². The van der Waals surface area contributed by atoms with E-state index in [0.717, 1.165) is 28.4 Å². The second-order valence-electron chi connectivity index (χ2n) is 4.74. The Kier molecular flexibility index (Phi) is 6.36. The number of thioether (sulfide) groups is 2. The van der Waals surface area contributed by atoms with Crippen molar-refractivity contribution in [2.45, 2.75) is 11.0 Å². The zero-order valence-electron chi connectivity index (χ0n) is 11.4. The van der Waals surface area contributed by atoms with E-state index in [1.54, 1.807) is 24.3 Å². The van der Waals surface area contributed by atoms with Gasteiger partial charge in [-0.2, -0.15) is 23.5 Å². The predicted octanol–water partition coefficient (Wildman–Crippen LogP) is 1.59. The van der Waals surface area contributed by atoms with Crippen molar-refractivity contribution in [3.05, 3.63) is 35.4 Å². The Morgan fingerprint density at radius 1 is 1.33 bits per heavy atom. The Labute approximate surface area is 139 Å². The summed E-state index contributed by atoms with van der Waals surface area (Å²) in [7, 11) is -3.30. The maximum atomic E-state index is 12.1. The number of rotatable bonds is 6. The van der Waals surface area contributed by atoms with Crippen LogP contribution in [0.2, 0.25) is 0 Å². The van der Waals surface area contributed by atoms with E-state index in [-0.39, 0.29) is 5.75 Å². The van der Waals surface area contributed by atoms with Crippen LogP contribution in [0.25, 0.3) is 0 Å². The molecule has 21 heavy (non-hydrogen) atoms. The lowest BCUT2D eigenvalue weighted by atomic mass is 10.1. The fourth-order valence-electron chi connectivity index (χ4n) is 1.91. The first-order chi connectivity index (χ1) is 9.96. The summed E-state index contributed by atoms with van der Waals surface area (Å²) in [5.74, 6) is 3.24. The topological polar surface area (TPSA) is 72.2 Å². The van der Waals surface area contributed by atoms with Gasteiger partial charge in [-0.3, -0.25) is 0 Å². The van der Waals surface area contributed by atoms with Gasteiger partial charge in [0.1, 0.15) is 4.99 Å². The molecule has 0 aliphatic carbocycles. The maximum Gasteiger partial charge on any atom is 0.215 e. The lowest BCUT2D eigenvalue weighted by molar-refractivity contribution is 0.580. The normalized spacial score (nSPS) is 19.3. The molecule has 8 heteroatoms. The van der Waals surface area contributed by atoms with Gasteiger partial charge in [0.2, 0.25) is 10.0 Å². The minimum Gasteiger partial charge on any atom is -0.389 e. The summed E-state index contributed by atoms with van der Waals surface area (Å²) in [4.78, 5) is 0.314. The smallest absolute Gasteiger partial charge is 0.215 e. The van der Waals surface area contributed by atoms with Gasteiger partial charge < -0.3 is 5.73 Å². The highest BCUT2D eigenvalue weighted by molar-refractivity contribution is 8.06. The molecule has 0 aromatic heterocycles. The lowest BCUT2D eigenvalue weighted by Crippen LogP contribution is -2.34. The second-order valence-corrected chi connectivity index (χ2v) is 9.54. The summed E-state index contributed by atoms with van der Waals surface area (Å²) >= 11 is 8.59. The van der Waals surface area contributed by atoms with E-state index in [1.165, 1.54) is 0 Å². The SMILES string of the molecule is NC(=S)c1ccc(CS(=O)(=O)NCC2CSCCS2)cc1. The average molecular weight is 363 g/mol. The highest BCUT2D eigenvalue weighted by Crippen LogP contribution is 2.23. The molecule has 0 spiro atoms. The van der Waals surface area contributed by atoms with Crippen LogP contribution in [-0.4, -0.2) is 42.5 Å². The Morgan fingerprint density at radius 3 is 2.62 bits per heavy atom. The van der Waals surface area contributed by atoms with Gasteiger partial charge in [-0.05, 0) is 5.56 Å². The van der Waals surface area contributed by atoms with Gasteiger partial charge in [-0.15, -0.1) is 0 Å². The van der Waals surface area contributed by atoms with E-state index in [2.05, 4.69) is 4.72 Å². The zero-order chi connectivity index (χ0) is 15.3. The maximum absolute atomic E-state index is 12.1. The molecule has 4 nitrogen and oxygen atoms in total. The van der Waals surface area contributed by atoms with Crippen LogP contribution < -0.4 is 10.5 Å². The quantitative estimate of drug-likeness (QED) is 0.749. The first-order valence-electron chi connectivity index (χ1n) is 6.52. The molecule has 1 heterocycles. The Morgan fingerprint density at radius 2 is 2.05 bits per heavy atom. The first-order valence-corrected chi connectivity index (χ1v) is 10.8. The highest BCUT2D eigenvalue weighted by Gasteiger charge is 2.18. The molecule has 1 saturated heterocycles. The van der Waals surface area contributed by atoms with E-state index in [1.807, 2.05) is 23.5 Å². The van der Waals surface area contributed by atoms with Gasteiger partial charge in [0.25, 0.3) is 0 Å². The summed E-state index contributed by atoms with van der Waals surface area (Å²) < 4.78 is 26.9. The van der Waals surface area contributed by atoms with Crippen LogP contribution in [0.1, 0.15) is 11.1 Å². The summed E-state index contributed by atoms with van der Waals surface area (Å²) in [6.45, 7) is 0.505. The van der Waals surface area contributed by atoms with Crippen molar-refractivity contribution in [2.75, 3.05) is 23.8 Å². The number of nitrogens with two attached hydrogens (primary N) is 1. The molecule has 1 atom stereocenters. The molecule has 0 amide bonds. The third-order valence-electron chi connectivity index (χ3n) is 3.01. The Hall–Kier alpha value is -0.280. The average Bonchev–Trinajstić information content (AvgIpc) is 2.46. The van der Waals surface area contributed by atoms with Crippen LogP contribution in [0.5, 0.6) is 0 Å². The monoisotopic (exact) mass is 362 g/mol. The molecule has 1 fully saturated rings. The molecule has 1 aromatic rings. The van der Waals surface area contributed by atoms with Crippen LogP contribution in [-0.2, 0) is 15.8 Å². The molecule has 0 bridgehead atoms. The summed E-state index contributed by atoms with van der Waals surface area (Å²) in [6.07, 6.45) is 0. The number of hydrogen-bond donors (Lipinski definition) is 2. The van der Waals surface area contributed by atoms with Gasteiger partial charge in [0.15, 0.2) is 0 Å². The largest absolute Gasteiger partial charge is 0.389 e. The van der Waals surface area contributed by atoms with Crippen molar-refractivity contribution in [1.29, 1.82) is 0 Å². The second kappa shape index (κ2) is 7.82. The third kappa shape index (κ3) is 5.78. The highest BCUT2D eigenvalue weighted by atomic mass is 32.2. The molecule has 3 N–H and O–H groups in total. The number of sulfonamides is 1. The predicted molar refractivity (Wildman–Crippen MR) is 96.5 cm³/mol. The molecule has 1 unspecified atom stereocenters. The zero-order valence-corrected chi connectivity index (χ0v) is 14.7. The summed E-state index contributed by atoms with van der Waals surface area (Å²) in [6, 6.07) is 7.00. The van der Waals surface area contributed by atoms with Crippen LogP contribution in [0.4, 0.5) is 0 Å². The van der Waals surface area contributed by atoms with Crippen LogP contribution in [0, 0.1) is 0 Å². The van der Waals surface area contributed by atoms with Gasteiger partial charge in [-0.1, -0.05) is 36.5 Å². The minimum absolute atomic E-state index is 0.0187. The summed E-state index contributed by atoms with van der Waals surface area (Å²) in [5.41, 5.74) is 6.99. The third-order valence-corrected chi connectivity index (χ3v) is 7.41. The molecule has 116 valence electrons. The van der Waals surface area contributed by atoms with Crippen molar-refractivity contribution < 1.29 is 8.42 Å².